The van der Waals surface area contributed by atoms with E-state index in [1.807, 2.05) is 24.8 Å². The van der Waals surface area contributed by atoms with Gasteiger partial charge in [0.2, 0.25) is 0 Å². The summed E-state index contributed by atoms with van der Waals surface area (Å²) in [6.45, 7) is 13.4. The monoisotopic (exact) mass is 572 g/mol. The predicted octanol–water partition coefficient (Wildman–Crippen LogP) is 2.22. The Bertz CT molecular complexity index is 1040. The van der Waals surface area contributed by atoms with E-state index in [0.717, 1.165) is 140 Å². The third kappa shape index (κ3) is 10.8. The normalized spacial score (nSPS) is 19.4. The van der Waals surface area contributed by atoms with Crippen molar-refractivity contribution < 1.29 is 0 Å². The largest absolute Gasteiger partial charge is 0.311 e. The topological polar surface area (TPSA) is 106 Å². The number of nitrogens with zero attached hydrogens (tertiary/aromatic N) is 6. The lowest BCUT2D eigenvalue weighted by atomic mass is 10.1. The van der Waals surface area contributed by atoms with E-state index in [-0.39, 0.29) is 0 Å². The van der Waals surface area contributed by atoms with Gasteiger partial charge in [0.05, 0.1) is 22.8 Å². The second kappa shape index (κ2) is 17.3. The van der Waals surface area contributed by atoms with Crippen molar-refractivity contribution in [2.45, 2.75) is 65.0 Å². The summed E-state index contributed by atoms with van der Waals surface area (Å²) in [6.07, 6.45) is 11.9. The minimum atomic E-state index is 0.773. The van der Waals surface area contributed by atoms with Crippen molar-refractivity contribution in [1.29, 1.82) is 0 Å². The molecule has 0 saturated heterocycles. The Morgan fingerprint density at radius 2 is 0.786 bits per heavy atom. The Labute approximate surface area is 251 Å². The molecule has 3 aromatic rings. The molecule has 4 heterocycles. The van der Waals surface area contributed by atoms with E-state index in [9.17, 15) is 0 Å². The van der Waals surface area contributed by atoms with Gasteiger partial charge in [-0.15, -0.1) is 0 Å². The van der Waals surface area contributed by atoms with Crippen molar-refractivity contribution in [2.24, 2.45) is 0 Å². The molecule has 226 valence electrons. The average molecular weight is 573 g/mol. The number of nitrogens with one attached hydrogen (secondary N) is 4. The van der Waals surface area contributed by atoms with E-state index in [4.69, 9.17) is 9.97 Å². The zero-order chi connectivity index (χ0) is 28.7. The van der Waals surface area contributed by atoms with E-state index in [2.05, 4.69) is 65.3 Å². The SMILES string of the molecule is c1cc(CN2CCCNCc3cncc(n3)CNCCC2)ccc1CN1CCCNCc2cncc(n2)CNCCC1. The van der Waals surface area contributed by atoms with Crippen LogP contribution in [-0.4, -0.2) is 82.1 Å². The van der Waals surface area contributed by atoms with Crippen LogP contribution in [0, 0.1) is 0 Å². The van der Waals surface area contributed by atoms with Crippen molar-refractivity contribution in [3.05, 3.63) is 83.0 Å². The van der Waals surface area contributed by atoms with Crippen LogP contribution < -0.4 is 21.3 Å². The molecule has 0 radical (unpaired) electrons. The lowest BCUT2D eigenvalue weighted by molar-refractivity contribution is 0.254. The van der Waals surface area contributed by atoms with Gasteiger partial charge in [-0.25, -0.2) is 0 Å². The second-order valence-electron chi connectivity index (χ2n) is 11.5. The van der Waals surface area contributed by atoms with Crippen LogP contribution in [-0.2, 0) is 39.3 Å². The predicted molar refractivity (Wildman–Crippen MR) is 166 cm³/mol. The molecule has 4 bridgehead atoms. The van der Waals surface area contributed by atoms with Crippen LogP contribution in [0.15, 0.2) is 49.1 Å². The van der Waals surface area contributed by atoms with Crippen molar-refractivity contribution in [2.75, 3.05) is 52.4 Å². The van der Waals surface area contributed by atoms with Crippen LogP contribution in [0.3, 0.4) is 0 Å². The molecule has 10 nitrogen and oxygen atoms in total. The summed E-state index contributed by atoms with van der Waals surface area (Å²) in [5, 5.41) is 14.2. The van der Waals surface area contributed by atoms with E-state index in [1.54, 1.807) is 0 Å². The van der Waals surface area contributed by atoms with Crippen molar-refractivity contribution in [3.8, 4) is 0 Å². The molecule has 1 aromatic carbocycles. The Balaban J connectivity index is 1.09. The summed E-state index contributed by atoms with van der Waals surface area (Å²) in [6, 6.07) is 9.35. The van der Waals surface area contributed by atoms with Crippen molar-refractivity contribution in [3.63, 3.8) is 0 Å². The number of hydrogen-bond donors (Lipinski definition) is 4. The van der Waals surface area contributed by atoms with Crippen molar-refractivity contribution in [1.82, 2.24) is 51.0 Å². The van der Waals surface area contributed by atoms with Gasteiger partial charge in [0.1, 0.15) is 0 Å². The molecular formula is C32H48N10. The third-order valence-electron chi connectivity index (χ3n) is 7.84. The molecule has 10 heteroatoms. The molecular weight excluding hydrogens is 524 g/mol. The van der Waals surface area contributed by atoms with Crippen LogP contribution >= 0.6 is 0 Å². The lowest BCUT2D eigenvalue weighted by Crippen LogP contribution is -2.31. The molecule has 0 aliphatic carbocycles. The van der Waals surface area contributed by atoms with Gasteiger partial charge in [-0.2, -0.15) is 0 Å². The highest BCUT2D eigenvalue weighted by atomic mass is 15.1. The maximum Gasteiger partial charge on any atom is 0.0728 e. The van der Waals surface area contributed by atoms with E-state index < -0.39 is 0 Å². The standard InChI is InChI=1S/C32H48N10/c1-9-33-17-29-21-37-22-30(39-29)18-34-10-2-14-41(13-1)25-27-5-7-28(8-6-27)26-42-15-3-11-35-19-31-23-38-24-32(40-31)20-36-12-4-16-42/h5-8,21-24,33-36H,1-4,9-20,25-26H2. The first kappa shape index (κ1) is 30.6. The fourth-order valence-electron chi connectivity index (χ4n) is 5.63. The summed E-state index contributed by atoms with van der Waals surface area (Å²) >= 11 is 0. The molecule has 0 fully saturated rings. The molecule has 42 heavy (non-hydrogen) atoms. The van der Waals surface area contributed by atoms with E-state index in [0.29, 0.717) is 0 Å². The number of benzene rings is 1. The minimum absolute atomic E-state index is 0.773. The zero-order valence-corrected chi connectivity index (χ0v) is 25.0. The van der Waals surface area contributed by atoms with Gasteiger partial charge < -0.3 is 21.3 Å². The van der Waals surface area contributed by atoms with Gasteiger partial charge in [0.15, 0.2) is 0 Å². The van der Waals surface area contributed by atoms with Crippen LogP contribution in [0.25, 0.3) is 0 Å². The zero-order valence-electron chi connectivity index (χ0n) is 25.0. The highest BCUT2D eigenvalue weighted by Crippen LogP contribution is 2.12. The molecule has 2 aliphatic heterocycles. The first-order valence-corrected chi connectivity index (χ1v) is 15.8. The summed E-state index contributed by atoms with van der Waals surface area (Å²) < 4.78 is 0. The van der Waals surface area contributed by atoms with Gasteiger partial charge in [-0.05, 0) is 89.2 Å². The molecule has 2 aliphatic rings. The molecule has 0 unspecified atom stereocenters. The first-order chi connectivity index (χ1) is 20.8. The first-order valence-electron chi connectivity index (χ1n) is 15.8. The van der Waals surface area contributed by atoms with E-state index >= 15 is 0 Å². The van der Waals surface area contributed by atoms with Gasteiger partial charge in [-0.1, -0.05) is 24.3 Å². The fraction of sp³-hybridized carbons (Fsp3) is 0.562. The summed E-state index contributed by atoms with van der Waals surface area (Å²) in [4.78, 5) is 23.3. The molecule has 0 saturated carbocycles. The summed E-state index contributed by atoms with van der Waals surface area (Å²) in [7, 11) is 0. The molecule has 0 spiro atoms. The Hall–Kier alpha value is -2.86. The second-order valence-corrected chi connectivity index (χ2v) is 11.5. The Morgan fingerprint density at radius 3 is 1.10 bits per heavy atom. The molecule has 2 aromatic heterocycles. The average Bonchev–Trinajstić information content (AvgIpc) is 3.00. The van der Waals surface area contributed by atoms with Crippen LogP contribution in [0.5, 0.6) is 0 Å². The van der Waals surface area contributed by atoms with E-state index in [1.165, 1.54) is 11.1 Å². The molecule has 0 amide bonds. The quantitative estimate of drug-likeness (QED) is 0.372. The minimum Gasteiger partial charge on any atom is -0.311 e. The molecule has 0 atom stereocenters. The maximum atomic E-state index is 4.70. The van der Waals surface area contributed by atoms with Gasteiger partial charge >= 0.3 is 0 Å². The van der Waals surface area contributed by atoms with Gasteiger partial charge in [0.25, 0.3) is 0 Å². The highest BCUT2D eigenvalue weighted by molar-refractivity contribution is 5.22. The Kier molecular flexibility index (Phi) is 12.6. The molecule has 5 rings (SSSR count). The van der Waals surface area contributed by atoms with Crippen molar-refractivity contribution >= 4 is 0 Å². The van der Waals surface area contributed by atoms with Crippen LogP contribution in [0.2, 0.25) is 0 Å². The van der Waals surface area contributed by atoms with Gasteiger partial charge in [-0.3, -0.25) is 29.7 Å². The Morgan fingerprint density at radius 1 is 0.476 bits per heavy atom. The van der Waals surface area contributed by atoms with Gasteiger partial charge in [0, 0.05) is 64.1 Å². The number of rotatable bonds is 4. The highest BCUT2D eigenvalue weighted by Gasteiger charge is 2.10. The third-order valence-corrected chi connectivity index (χ3v) is 7.84. The number of hydrogen-bond acceptors (Lipinski definition) is 10. The number of aromatic nitrogens is 4. The molecule has 4 N–H and O–H groups in total. The smallest absolute Gasteiger partial charge is 0.0728 e. The number of fused-ring (bicyclic) bond motifs is 4. The fourth-order valence-corrected chi connectivity index (χ4v) is 5.63. The maximum absolute atomic E-state index is 4.70. The lowest BCUT2D eigenvalue weighted by Gasteiger charge is -2.24. The van der Waals surface area contributed by atoms with Crippen LogP contribution in [0.1, 0.15) is 59.6 Å². The van der Waals surface area contributed by atoms with Crippen LogP contribution in [0.4, 0.5) is 0 Å². The summed E-state index contributed by atoms with van der Waals surface area (Å²) in [5.74, 6) is 0. The summed E-state index contributed by atoms with van der Waals surface area (Å²) in [5.41, 5.74) is 6.85.